The molecule has 0 aromatic carbocycles. The molecule has 0 aliphatic rings. The number of furan rings is 1. The van der Waals surface area contributed by atoms with Crippen LogP contribution in [-0.4, -0.2) is 15.8 Å². The van der Waals surface area contributed by atoms with Crippen molar-refractivity contribution in [1.29, 1.82) is 0 Å². The van der Waals surface area contributed by atoms with Crippen LogP contribution in [0.15, 0.2) is 22.9 Å². The average molecular weight is 230 g/mol. The Morgan fingerprint density at radius 2 is 2.18 bits per heavy atom. The molecule has 0 amide bonds. The van der Waals surface area contributed by atoms with Crippen molar-refractivity contribution in [2.24, 2.45) is 0 Å². The van der Waals surface area contributed by atoms with Gasteiger partial charge in [-0.25, -0.2) is 4.98 Å². The summed E-state index contributed by atoms with van der Waals surface area (Å²) >= 11 is 0. The van der Waals surface area contributed by atoms with Gasteiger partial charge in [0.25, 0.3) is 0 Å². The number of imidazole rings is 1. The fraction of sp³-hybridized carbons (Fsp3) is 0.231. The number of H-pyrrole nitrogens is 1. The van der Waals surface area contributed by atoms with E-state index in [4.69, 9.17) is 4.42 Å². The molecule has 1 N–H and O–H groups in total. The lowest BCUT2D eigenvalue weighted by Gasteiger charge is -1.91. The molecular weight excluding hydrogens is 216 g/mol. The second-order valence-electron chi connectivity index (χ2n) is 3.94. The summed E-state index contributed by atoms with van der Waals surface area (Å²) in [6.45, 7) is 5.52. The van der Waals surface area contributed by atoms with E-state index in [1.165, 1.54) is 6.08 Å². The molecule has 4 heteroatoms. The maximum atomic E-state index is 11.9. The quantitative estimate of drug-likeness (QED) is 0.651. The number of aromatic nitrogens is 2. The van der Waals surface area contributed by atoms with Gasteiger partial charge in [0.2, 0.25) is 0 Å². The normalized spacial score (nSPS) is 11.2. The number of nitrogens with one attached hydrogen (secondary N) is 1. The van der Waals surface area contributed by atoms with E-state index in [-0.39, 0.29) is 5.78 Å². The van der Waals surface area contributed by atoms with Crippen LogP contribution < -0.4 is 0 Å². The molecule has 4 nitrogen and oxygen atoms in total. The molecule has 17 heavy (non-hydrogen) atoms. The Labute approximate surface area is 99.4 Å². The lowest BCUT2D eigenvalue weighted by molar-refractivity contribution is 0.104. The van der Waals surface area contributed by atoms with Crippen molar-refractivity contribution >= 4 is 11.9 Å². The first kappa shape index (κ1) is 11.4. The topological polar surface area (TPSA) is 58.9 Å². The summed E-state index contributed by atoms with van der Waals surface area (Å²) in [5.41, 5.74) is 2.32. The molecule has 2 rings (SSSR count). The monoisotopic (exact) mass is 230 g/mol. The number of hydrogen-bond acceptors (Lipinski definition) is 3. The van der Waals surface area contributed by atoms with E-state index in [0.717, 1.165) is 17.1 Å². The summed E-state index contributed by atoms with van der Waals surface area (Å²) in [5, 5.41) is 0. The number of aromatic amines is 1. The van der Waals surface area contributed by atoms with Crippen LogP contribution in [0.2, 0.25) is 0 Å². The van der Waals surface area contributed by atoms with E-state index in [1.54, 1.807) is 25.4 Å². The van der Waals surface area contributed by atoms with Gasteiger partial charge >= 0.3 is 0 Å². The Bertz CT molecular complexity index is 576. The van der Waals surface area contributed by atoms with E-state index < -0.39 is 0 Å². The second kappa shape index (κ2) is 4.41. The molecule has 0 saturated carbocycles. The standard InChI is InChI=1S/C13H14N2O2/c1-8-6-11(10(3)17-8)13(16)5-4-12-9(2)14-7-15-12/h4-7H,1-3H3,(H,14,15)/b5-4+. The van der Waals surface area contributed by atoms with Gasteiger partial charge in [-0.2, -0.15) is 0 Å². The lowest BCUT2D eigenvalue weighted by Crippen LogP contribution is -1.94. The summed E-state index contributed by atoms with van der Waals surface area (Å²) < 4.78 is 5.32. The van der Waals surface area contributed by atoms with Gasteiger partial charge in [0.15, 0.2) is 5.78 Å². The minimum absolute atomic E-state index is 0.0678. The highest BCUT2D eigenvalue weighted by Crippen LogP contribution is 2.15. The Morgan fingerprint density at radius 3 is 2.71 bits per heavy atom. The highest BCUT2D eigenvalue weighted by atomic mass is 16.3. The third kappa shape index (κ3) is 2.36. The molecule has 0 unspecified atom stereocenters. The first-order valence-electron chi connectivity index (χ1n) is 5.37. The molecule has 0 fully saturated rings. The maximum absolute atomic E-state index is 11.9. The third-order valence-corrected chi connectivity index (χ3v) is 2.57. The third-order valence-electron chi connectivity index (χ3n) is 2.57. The molecule has 88 valence electrons. The van der Waals surface area contributed by atoms with Crippen LogP contribution in [0.3, 0.4) is 0 Å². The molecule has 0 spiro atoms. The zero-order chi connectivity index (χ0) is 12.4. The van der Waals surface area contributed by atoms with Gasteiger partial charge < -0.3 is 9.40 Å². The van der Waals surface area contributed by atoms with Crippen LogP contribution in [-0.2, 0) is 0 Å². The summed E-state index contributed by atoms with van der Waals surface area (Å²) in [6.07, 6.45) is 4.82. The molecule has 0 bridgehead atoms. The van der Waals surface area contributed by atoms with E-state index >= 15 is 0 Å². The first-order valence-corrected chi connectivity index (χ1v) is 5.37. The molecule has 0 atom stereocenters. The molecule has 2 heterocycles. The summed E-state index contributed by atoms with van der Waals surface area (Å²) in [5.74, 6) is 1.33. The Balaban J connectivity index is 2.20. The van der Waals surface area contributed by atoms with Crippen molar-refractivity contribution in [3.8, 4) is 0 Å². The smallest absolute Gasteiger partial charge is 0.189 e. The number of ketones is 1. The number of carbonyl (C=O) groups is 1. The number of rotatable bonds is 3. The summed E-state index contributed by atoms with van der Waals surface area (Å²) in [7, 11) is 0. The maximum Gasteiger partial charge on any atom is 0.189 e. The summed E-state index contributed by atoms with van der Waals surface area (Å²) in [4.78, 5) is 18.9. The van der Waals surface area contributed by atoms with Gasteiger partial charge in [-0.1, -0.05) is 0 Å². The molecule has 0 radical (unpaired) electrons. The van der Waals surface area contributed by atoms with E-state index in [0.29, 0.717) is 11.3 Å². The minimum atomic E-state index is -0.0678. The fourth-order valence-electron chi connectivity index (χ4n) is 1.66. The number of carbonyl (C=O) groups excluding carboxylic acids is 1. The molecule has 0 aliphatic carbocycles. The van der Waals surface area contributed by atoms with Gasteiger partial charge in [0.1, 0.15) is 11.5 Å². The van der Waals surface area contributed by atoms with E-state index in [1.807, 2.05) is 13.8 Å². The number of allylic oxidation sites excluding steroid dienone is 1. The zero-order valence-electron chi connectivity index (χ0n) is 10.1. The predicted octanol–water partition coefficient (Wildman–Crippen LogP) is 2.82. The Kier molecular flexibility index (Phi) is 2.95. The lowest BCUT2D eigenvalue weighted by atomic mass is 10.1. The van der Waals surface area contributed by atoms with Crippen molar-refractivity contribution in [3.63, 3.8) is 0 Å². The van der Waals surface area contributed by atoms with Crippen LogP contribution in [0.5, 0.6) is 0 Å². The number of hydrogen-bond donors (Lipinski definition) is 1. The molecule has 2 aromatic rings. The first-order chi connectivity index (χ1) is 8.08. The van der Waals surface area contributed by atoms with Crippen molar-refractivity contribution in [1.82, 2.24) is 9.97 Å². The van der Waals surface area contributed by atoms with Crippen LogP contribution >= 0.6 is 0 Å². The fourth-order valence-corrected chi connectivity index (χ4v) is 1.66. The van der Waals surface area contributed by atoms with Crippen LogP contribution in [0.1, 0.15) is 33.3 Å². The van der Waals surface area contributed by atoms with Crippen molar-refractivity contribution in [2.75, 3.05) is 0 Å². The van der Waals surface area contributed by atoms with Gasteiger partial charge in [-0.05, 0) is 39.0 Å². The van der Waals surface area contributed by atoms with Crippen LogP contribution in [0.25, 0.3) is 6.08 Å². The summed E-state index contributed by atoms with van der Waals surface area (Å²) in [6, 6.07) is 1.75. The highest BCUT2D eigenvalue weighted by molar-refractivity contribution is 6.07. The van der Waals surface area contributed by atoms with Gasteiger partial charge in [0, 0.05) is 5.69 Å². The van der Waals surface area contributed by atoms with Crippen LogP contribution in [0.4, 0.5) is 0 Å². The Hall–Kier alpha value is -2.10. The second-order valence-corrected chi connectivity index (χ2v) is 3.94. The number of nitrogens with zero attached hydrogens (tertiary/aromatic N) is 1. The van der Waals surface area contributed by atoms with Crippen molar-refractivity contribution in [3.05, 3.63) is 46.9 Å². The van der Waals surface area contributed by atoms with Gasteiger partial charge in [-0.15, -0.1) is 0 Å². The Morgan fingerprint density at radius 1 is 1.41 bits per heavy atom. The molecule has 2 aromatic heterocycles. The average Bonchev–Trinajstić information content (AvgIpc) is 2.81. The van der Waals surface area contributed by atoms with Gasteiger partial charge in [0.05, 0.1) is 17.6 Å². The van der Waals surface area contributed by atoms with Crippen LogP contribution in [0, 0.1) is 20.8 Å². The predicted molar refractivity (Wildman–Crippen MR) is 64.9 cm³/mol. The molecule has 0 aliphatic heterocycles. The number of aryl methyl sites for hydroxylation is 3. The highest BCUT2D eigenvalue weighted by Gasteiger charge is 2.10. The van der Waals surface area contributed by atoms with E-state index in [9.17, 15) is 4.79 Å². The van der Waals surface area contributed by atoms with Crippen molar-refractivity contribution in [2.45, 2.75) is 20.8 Å². The molecule has 0 saturated heterocycles. The van der Waals surface area contributed by atoms with Gasteiger partial charge in [-0.3, -0.25) is 4.79 Å². The SMILES string of the molecule is Cc1cc(C(=O)/C=C/c2nc[nH]c2C)c(C)o1. The molecular formula is C13H14N2O2. The van der Waals surface area contributed by atoms with Crippen molar-refractivity contribution < 1.29 is 9.21 Å². The largest absolute Gasteiger partial charge is 0.466 e. The minimum Gasteiger partial charge on any atom is -0.466 e. The zero-order valence-corrected chi connectivity index (χ0v) is 10.1. The van der Waals surface area contributed by atoms with E-state index in [2.05, 4.69) is 9.97 Å².